The van der Waals surface area contributed by atoms with Crippen molar-refractivity contribution >= 4 is 5.97 Å². The average Bonchev–Trinajstić information content (AvgIpc) is 2.37. The molecular weight excluding hydrogens is 258 g/mol. The monoisotopic (exact) mass is 273 g/mol. The Morgan fingerprint density at radius 2 is 1.75 bits per heavy atom. The van der Waals surface area contributed by atoms with Crippen LogP contribution < -0.4 is 10.2 Å². The summed E-state index contributed by atoms with van der Waals surface area (Å²) < 4.78 is 6.88. The van der Waals surface area contributed by atoms with Crippen molar-refractivity contribution in [2.75, 3.05) is 7.11 Å². The van der Waals surface area contributed by atoms with Crippen molar-refractivity contribution < 1.29 is 14.6 Å². The van der Waals surface area contributed by atoms with E-state index < -0.39 is 5.97 Å². The van der Waals surface area contributed by atoms with Gasteiger partial charge in [0.05, 0.1) is 18.4 Å². The molecule has 1 aromatic heterocycles. The number of aryl methyl sites for hydroxylation is 2. The molecule has 2 rings (SSSR count). The molecule has 0 bridgehead atoms. The van der Waals surface area contributed by atoms with E-state index in [9.17, 15) is 14.7 Å². The first-order chi connectivity index (χ1) is 9.43. The van der Waals surface area contributed by atoms with Crippen LogP contribution in [0.1, 0.15) is 21.7 Å². The molecular formula is C15H15NO4. The van der Waals surface area contributed by atoms with Crippen molar-refractivity contribution in [2.24, 2.45) is 0 Å². The van der Waals surface area contributed by atoms with Gasteiger partial charge in [0.25, 0.3) is 0 Å². The number of pyridine rings is 1. The third kappa shape index (κ3) is 2.42. The minimum Gasteiger partial charge on any atom is -0.497 e. The molecule has 5 nitrogen and oxygen atoms in total. The normalized spacial score (nSPS) is 10.3. The number of carbonyl (C=O) groups is 1. The summed E-state index contributed by atoms with van der Waals surface area (Å²) in [6.45, 7) is 3.53. The van der Waals surface area contributed by atoms with Gasteiger partial charge in [-0.15, -0.1) is 0 Å². The predicted octanol–water partition coefficient (Wildman–Crippen LogP) is 2.16. The van der Waals surface area contributed by atoms with Crippen LogP contribution in [0, 0.1) is 13.8 Å². The number of hydrogen-bond donors (Lipinski definition) is 1. The lowest BCUT2D eigenvalue weighted by Gasteiger charge is -2.17. The summed E-state index contributed by atoms with van der Waals surface area (Å²) in [5, 5.41) is 9.31. The number of aromatic nitrogens is 1. The lowest BCUT2D eigenvalue weighted by atomic mass is 10.1. The van der Waals surface area contributed by atoms with Crippen molar-refractivity contribution in [1.29, 1.82) is 0 Å². The van der Waals surface area contributed by atoms with E-state index in [4.69, 9.17) is 4.74 Å². The Bertz CT molecular complexity index is 705. The van der Waals surface area contributed by atoms with Crippen molar-refractivity contribution in [3.05, 3.63) is 57.5 Å². The Kier molecular flexibility index (Phi) is 3.61. The molecule has 104 valence electrons. The smallest absolute Gasteiger partial charge is 0.337 e. The van der Waals surface area contributed by atoms with Crippen LogP contribution in [0.15, 0.2) is 35.1 Å². The van der Waals surface area contributed by atoms with Gasteiger partial charge in [-0.05, 0) is 26.0 Å². The van der Waals surface area contributed by atoms with Crippen LogP contribution in [-0.4, -0.2) is 22.8 Å². The summed E-state index contributed by atoms with van der Waals surface area (Å²) in [7, 11) is 1.52. The average molecular weight is 273 g/mol. The van der Waals surface area contributed by atoms with E-state index in [0.29, 0.717) is 22.8 Å². The van der Waals surface area contributed by atoms with Crippen molar-refractivity contribution in [3.63, 3.8) is 0 Å². The summed E-state index contributed by atoms with van der Waals surface area (Å²) in [6, 6.07) is 7.68. The van der Waals surface area contributed by atoms with Gasteiger partial charge in [0, 0.05) is 29.6 Å². The van der Waals surface area contributed by atoms with Gasteiger partial charge in [-0.25, -0.2) is 4.79 Å². The first-order valence-corrected chi connectivity index (χ1v) is 6.06. The standard InChI is InChI=1S/C15H15NO4/c1-9-6-11(17)7-10(2)16(9)14-8-12(20-3)4-5-13(14)15(18)19/h4-8H,1-3H3,(H,18,19). The molecule has 0 spiro atoms. The number of nitrogens with zero attached hydrogens (tertiary/aromatic N) is 1. The van der Waals surface area contributed by atoms with Gasteiger partial charge >= 0.3 is 5.97 Å². The molecule has 1 aromatic carbocycles. The van der Waals surface area contributed by atoms with Gasteiger partial charge in [0.2, 0.25) is 0 Å². The molecule has 0 aliphatic rings. The lowest BCUT2D eigenvalue weighted by molar-refractivity contribution is 0.0697. The van der Waals surface area contributed by atoms with Crippen molar-refractivity contribution in [3.8, 4) is 11.4 Å². The molecule has 0 unspecified atom stereocenters. The van der Waals surface area contributed by atoms with Crippen LogP contribution in [0.25, 0.3) is 5.69 Å². The highest BCUT2D eigenvalue weighted by Crippen LogP contribution is 2.23. The lowest BCUT2D eigenvalue weighted by Crippen LogP contribution is -2.14. The second-order valence-corrected chi connectivity index (χ2v) is 4.50. The number of rotatable bonds is 3. The third-order valence-electron chi connectivity index (χ3n) is 3.08. The Morgan fingerprint density at radius 1 is 1.15 bits per heavy atom. The van der Waals surface area contributed by atoms with E-state index in [1.807, 2.05) is 0 Å². The fraction of sp³-hybridized carbons (Fsp3) is 0.200. The van der Waals surface area contributed by atoms with Crippen molar-refractivity contribution in [2.45, 2.75) is 13.8 Å². The zero-order chi connectivity index (χ0) is 14.9. The van der Waals surface area contributed by atoms with Crippen LogP contribution in [0.3, 0.4) is 0 Å². The van der Waals surface area contributed by atoms with Crippen LogP contribution in [0.4, 0.5) is 0 Å². The number of aromatic carboxylic acids is 1. The molecule has 0 saturated carbocycles. The van der Waals surface area contributed by atoms with Crippen LogP contribution in [0.2, 0.25) is 0 Å². The minimum absolute atomic E-state index is 0.101. The molecule has 5 heteroatoms. The molecule has 0 radical (unpaired) electrons. The highest BCUT2D eigenvalue weighted by Gasteiger charge is 2.15. The second kappa shape index (κ2) is 5.21. The molecule has 0 atom stereocenters. The fourth-order valence-corrected chi connectivity index (χ4v) is 2.24. The van der Waals surface area contributed by atoms with Gasteiger partial charge < -0.3 is 14.4 Å². The maximum absolute atomic E-state index is 11.5. The predicted molar refractivity (Wildman–Crippen MR) is 75.0 cm³/mol. The molecule has 0 amide bonds. The van der Waals surface area contributed by atoms with Gasteiger partial charge in [0.1, 0.15) is 5.75 Å². The van der Waals surface area contributed by atoms with E-state index in [-0.39, 0.29) is 11.0 Å². The Labute approximate surface area is 116 Å². The van der Waals surface area contributed by atoms with Crippen LogP contribution >= 0.6 is 0 Å². The number of methoxy groups -OCH3 is 1. The van der Waals surface area contributed by atoms with E-state index in [1.54, 1.807) is 30.5 Å². The number of carboxylic acids is 1. The first kappa shape index (κ1) is 13.9. The highest BCUT2D eigenvalue weighted by atomic mass is 16.5. The largest absolute Gasteiger partial charge is 0.497 e. The maximum Gasteiger partial charge on any atom is 0.337 e. The van der Waals surface area contributed by atoms with Gasteiger partial charge in [0.15, 0.2) is 5.43 Å². The summed E-state index contributed by atoms with van der Waals surface area (Å²) in [5.41, 5.74) is 1.88. The first-order valence-electron chi connectivity index (χ1n) is 6.06. The van der Waals surface area contributed by atoms with Crippen LogP contribution in [0.5, 0.6) is 5.75 Å². The number of ether oxygens (including phenoxy) is 1. The molecule has 20 heavy (non-hydrogen) atoms. The molecule has 2 aromatic rings. The fourth-order valence-electron chi connectivity index (χ4n) is 2.24. The van der Waals surface area contributed by atoms with E-state index in [2.05, 4.69) is 0 Å². The Hall–Kier alpha value is -2.56. The number of hydrogen-bond acceptors (Lipinski definition) is 3. The van der Waals surface area contributed by atoms with Gasteiger partial charge in [-0.2, -0.15) is 0 Å². The van der Waals surface area contributed by atoms with E-state index in [1.165, 1.54) is 25.3 Å². The summed E-state index contributed by atoms with van der Waals surface area (Å²) in [6.07, 6.45) is 0. The highest BCUT2D eigenvalue weighted by molar-refractivity contribution is 5.92. The molecule has 1 N–H and O–H groups in total. The Morgan fingerprint density at radius 3 is 2.25 bits per heavy atom. The summed E-state index contributed by atoms with van der Waals surface area (Å²) >= 11 is 0. The summed E-state index contributed by atoms with van der Waals surface area (Å²) in [5.74, 6) is -0.470. The second-order valence-electron chi connectivity index (χ2n) is 4.50. The third-order valence-corrected chi connectivity index (χ3v) is 3.08. The number of benzene rings is 1. The van der Waals surface area contributed by atoms with Gasteiger partial charge in [-0.3, -0.25) is 4.79 Å². The molecule has 0 aliphatic heterocycles. The van der Waals surface area contributed by atoms with Gasteiger partial charge in [-0.1, -0.05) is 0 Å². The minimum atomic E-state index is -1.03. The molecule has 0 aliphatic carbocycles. The maximum atomic E-state index is 11.5. The molecule has 0 fully saturated rings. The van der Waals surface area contributed by atoms with E-state index >= 15 is 0 Å². The number of carboxylic acid groups (broad SMARTS) is 1. The zero-order valence-electron chi connectivity index (χ0n) is 11.5. The van der Waals surface area contributed by atoms with E-state index in [0.717, 1.165) is 0 Å². The summed E-state index contributed by atoms with van der Waals surface area (Å²) in [4.78, 5) is 22.9. The topological polar surface area (TPSA) is 68.5 Å². The van der Waals surface area contributed by atoms with Crippen molar-refractivity contribution in [1.82, 2.24) is 4.57 Å². The Balaban J connectivity index is 2.80. The SMILES string of the molecule is COc1ccc(C(=O)O)c(-n2c(C)cc(=O)cc2C)c1. The molecule has 1 heterocycles. The zero-order valence-corrected chi connectivity index (χ0v) is 11.5. The van der Waals surface area contributed by atoms with Crippen LogP contribution in [-0.2, 0) is 0 Å². The quantitative estimate of drug-likeness (QED) is 0.930. The molecule has 0 saturated heterocycles.